The van der Waals surface area contributed by atoms with Gasteiger partial charge >= 0.3 is 0 Å². The molecule has 0 spiro atoms. The summed E-state index contributed by atoms with van der Waals surface area (Å²) in [6, 6.07) is 0. The highest BCUT2D eigenvalue weighted by molar-refractivity contribution is 5.77. The van der Waals surface area contributed by atoms with E-state index in [1.54, 1.807) is 6.92 Å². The van der Waals surface area contributed by atoms with Crippen molar-refractivity contribution in [2.75, 3.05) is 19.7 Å². The summed E-state index contributed by atoms with van der Waals surface area (Å²) in [4.78, 5) is 16.2. The Hall–Kier alpha value is -1.14. The maximum absolute atomic E-state index is 11.4. The van der Waals surface area contributed by atoms with Gasteiger partial charge in [-0.3, -0.25) is 10.1 Å². The topological polar surface area (TPSA) is 83.0 Å². The van der Waals surface area contributed by atoms with Crippen LogP contribution in [0.1, 0.15) is 34.1 Å². The van der Waals surface area contributed by atoms with Gasteiger partial charge in [-0.2, -0.15) is 0 Å². The second-order valence-corrected chi connectivity index (χ2v) is 4.94. The molecule has 18 heavy (non-hydrogen) atoms. The van der Waals surface area contributed by atoms with Crippen LogP contribution in [0.4, 0.5) is 0 Å². The van der Waals surface area contributed by atoms with Gasteiger partial charge in [0, 0.05) is 13.1 Å². The van der Waals surface area contributed by atoms with Crippen molar-refractivity contribution >= 4 is 12.1 Å². The van der Waals surface area contributed by atoms with Gasteiger partial charge in [0.05, 0.1) is 6.21 Å². The molecule has 0 fully saturated rings. The summed E-state index contributed by atoms with van der Waals surface area (Å²) in [6.07, 6.45) is 1.86. The van der Waals surface area contributed by atoms with Crippen molar-refractivity contribution in [2.45, 2.75) is 40.3 Å². The van der Waals surface area contributed by atoms with E-state index in [9.17, 15) is 4.79 Å². The van der Waals surface area contributed by atoms with E-state index in [4.69, 9.17) is 9.94 Å². The highest BCUT2D eigenvalue weighted by Crippen LogP contribution is 2.17. The van der Waals surface area contributed by atoms with Crippen molar-refractivity contribution in [3.8, 4) is 0 Å². The first kappa shape index (κ1) is 16.9. The van der Waals surface area contributed by atoms with Crippen molar-refractivity contribution < 1.29 is 14.7 Å². The summed E-state index contributed by atoms with van der Waals surface area (Å²) in [7, 11) is 0. The van der Waals surface area contributed by atoms with Crippen LogP contribution in [0.3, 0.4) is 0 Å². The molecule has 1 atom stereocenters. The zero-order valence-corrected chi connectivity index (χ0v) is 11.7. The number of aliphatic hydroxyl groups excluding tert-OH is 1. The van der Waals surface area contributed by atoms with Crippen LogP contribution >= 0.6 is 0 Å². The van der Waals surface area contributed by atoms with E-state index >= 15 is 0 Å². The monoisotopic (exact) mass is 259 g/mol. The Morgan fingerprint density at radius 2 is 2.22 bits per heavy atom. The van der Waals surface area contributed by atoms with Crippen LogP contribution in [-0.4, -0.2) is 43.2 Å². The molecule has 0 saturated heterocycles. The molecule has 0 aliphatic heterocycles. The number of amides is 1. The highest BCUT2D eigenvalue weighted by Gasteiger charge is 2.15. The molecule has 0 rings (SSSR count). The van der Waals surface area contributed by atoms with Crippen LogP contribution in [-0.2, 0) is 9.63 Å². The first-order chi connectivity index (χ1) is 8.37. The van der Waals surface area contributed by atoms with E-state index in [1.807, 2.05) is 0 Å². The van der Waals surface area contributed by atoms with Gasteiger partial charge in [0.2, 0.25) is 0 Å². The molecule has 0 aromatic rings. The molecule has 6 heteroatoms. The molecule has 6 nitrogen and oxygen atoms in total. The number of nitrogens with zero attached hydrogens (tertiary/aromatic N) is 1. The third kappa shape index (κ3) is 10.0. The van der Waals surface area contributed by atoms with Crippen LogP contribution in [0.15, 0.2) is 5.16 Å². The van der Waals surface area contributed by atoms with E-state index in [0.29, 0.717) is 13.1 Å². The van der Waals surface area contributed by atoms with Crippen LogP contribution in [0.25, 0.3) is 0 Å². The Balaban J connectivity index is 3.59. The first-order valence-corrected chi connectivity index (χ1v) is 6.19. The van der Waals surface area contributed by atoms with Crippen LogP contribution in [0.2, 0.25) is 0 Å². The summed E-state index contributed by atoms with van der Waals surface area (Å²) in [5.41, 5.74) is 0.0973. The molecule has 106 valence electrons. The number of carbonyl (C=O) groups excluding carboxylic acids is 1. The lowest BCUT2D eigenvalue weighted by Crippen LogP contribution is -2.35. The molecule has 0 aliphatic carbocycles. The van der Waals surface area contributed by atoms with Crippen molar-refractivity contribution in [2.24, 2.45) is 10.6 Å². The fourth-order valence-corrected chi connectivity index (χ4v) is 0.923. The predicted molar refractivity (Wildman–Crippen MR) is 71.2 cm³/mol. The van der Waals surface area contributed by atoms with Gasteiger partial charge in [-0.05, 0) is 18.8 Å². The lowest BCUT2D eigenvalue weighted by Gasteiger charge is -2.22. The van der Waals surface area contributed by atoms with E-state index in [-0.39, 0.29) is 17.9 Å². The second kappa shape index (κ2) is 8.88. The van der Waals surface area contributed by atoms with Gasteiger partial charge in [0.15, 0.2) is 6.61 Å². The van der Waals surface area contributed by atoms with Crippen molar-refractivity contribution in [3.63, 3.8) is 0 Å². The molecular weight excluding hydrogens is 234 g/mol. The molecule has 0 aromatic heterocycles. The van der Waals surface area contributed by atoms with Crippen molar-refractivity contribution in [3.05, 3.63) is 0 Å². The molecule has 0 radical (unpaired) electrons. The Morgan fingerprint density at radius 1 is 1.56 bits per heavy atom. The van der Waals surface area contributed by atoms with Crippen LogP contribution in [0.5, 0.6) is 0 Å². The maximum atomic E-state index is 11.4. The summed E-state index contributed by atoms with van der Waals surface area (Å²) in [5.74, 6) is -0.183. The third-order valence-electron chi connectivity index (χ3n) is 2.57. The number of aliphatic hydroxyl groups is 1. The van der Waals surface area contributed by atoms with Crippen molar-refractivity contribution in [1.29, 1.82) is 0 Å². The average Bonchev–Trinajstić information content (AvgIpc) is 2.31. The third-order valence-corrected chi connectivity index (χ3v) is 2.57. The van der Waals surface area contributed by atoms with Crippen molar-refractivity contribution in [1.82, 2.24) is 10.6 Å². The van der Waals surface area contributed by atoms with Crippen LogP contribution < -0.4 is 10.6 Å². The quantitative estimate of drug-likeness (QED) is 0.319. The lowest BCUT2D eigenvalue weighted by molar-refractivity contribution is -0.126. The molecule has 0 heterocycles. The summed E-state index contributed by atoms with van der Waals surface area (Å²) < 4.78 is 0. The zero-order chi connectivity index (χ0) is 14.0. The minimum atomic E-state index is -0.587. The fourth-order valence-electron chi connectivity index (χ4n) is 0.923. The standard InChI is InChI=1S/C12H25N3O3/c1-5-12(3,4)9-14-11(17)8-18-15-7-6-13-10(2)16/h7,10,13,16H,5-6,8-9H2,1-4H3,(H,14,17). The van der Waals surface area contributed by atoms with Gasteiger partial charge in [-0.25, -0.2) is 0 Å². The number of rotatable bonds is 9. The lowest BCUT2D eigenvalue weighted by atomic mass is 9.90. The highest BCUT2D eigenvalue weighted by atomic mass is 16.6. The minimum absolute atomic E-state index is 0.0923. The normalized spacial score (nSPS) is 13.6. The Morgan fingerprint density at radius 3 is 2.78 bits per heavy atom. The average molecular weight is 259 g/mol. The molecule has 1 unspecified atom stereocenters. The van der Waals surface area contributed by atoms with E-state index in [0.717, 1.165) is 6.42 Å². The van der Waals surface area contributed by atoms with E-state index in [2.05, 4.69) is 36.6 Å². The number of hydrogen-bond donors (Lipinski definition) is 3. The Bertz CT molecular complexity index is 265. The predicted octanol–water partition coefficient (Wildman–Crippen LogP) is 0.469. The van der Waals surface area contributed by atoms with Gasteiger partial charge in [0.1, 0.15) is 6.23 Å². The molecule has 3 N–H and O–H groups in total. The van der Waals surface area contributed by atoms with E-state index in [1.165, 1.54) is 6.21 Å². The van der Waals surface area contributed by atoms with Gasteiger partial charge in [0.25, 0.3) is 5.91 Å². The van der Waals surface area contributed by atoms with Gasteiger partial charge in [-0.15, -0.1) is 0 Å². The first-order valence-electron chi connectivity index (χ1n) is 6.19. The Labute approximate surface area is 109 Å². The number of oxime groups is 1. The minimum Gasteiger partial charge on any atom is -0.386 e. The summed E-state index contributed by atoms with van der Waals surface area (Å²) in [5, 5.41) is 18.0. The fraction of sp³-hybridized carbons (Fsp3) is 0.833. The molecule has 1 amide bonds. The van der Waals surface area contributed by atoms with Gasteiger partial charge in [-0.1, -0.05) is 25.9 Å². The van der Waals surface area contributed by atoms with Crippen LogP contribution in [0, 0.1) is 5.41 Å². The SMILES string of the molecule is CCC(C)(C)CNC(=O)CON=CCNC(C)O. The molecule has 0 aromatic carbocycles. The smallest absolute Gasteiger partial charge is 0.260 e. The molecule has 0 aliphatic rings. The molecule has 0 saturated carbocycles. The van der Waals surface area contributed by atoms with E-state index < -0.39 is 6.23 Å². The summed E-state index contributed by atoms with van der Waals surface area (Å²) >= 11 is 0. The number of carbonyl (C=O) groups is 1. The number of nitrogens with one attached hydrogen (secondary N) is 2. The second-order valence-electron chi connectivity index (χ2n) is 4.94. The number of hydrogen-bond acceptors (Lipinski definition) is 5. The van der Waals surface area contributed by atoms with Gasteiger partial charge < -0.3 is 15.3 Å². The Kier molecular flexibility index (Phi) is 8.32. The molecular formula is C12H25N3O3. The largest absolute Gasteiger partial charge is 0.386 e. The summed E-state index contributed by atoms with van der Waals surface area (Å²) in [6.45, 7) is 8.80. The zero-order valence-electron chi connectivity index (χ0n) is 11.7. The molecule has 0 bridgehead atoms. The maximum Gasteiger partial charge on any atom is 0.260 e.